The van der Waals surface area contributed by atoms with Gasteiger partial charge in [0.25, 0.3) is 0 Å². The van der Waals surface area contributed by atoms with Gasteiger partial charge in [0.1, 0.15) is 0 Å². The van der Waals surface area contributed by atoms with Gasteiger partial charge in [-0.05, 0) is 18.6 Å². The minimum Gasteiger partial charge on any atom is -0.353 e. The Hall–Kier alpha value is -0.520. The van der Waals surface area contributed by atoms with E-state index in [-0.39, 0.29) is 5.75 Å². The first-order valence-electron chi connectivity index (χ1n) is 4.78. The summed E-state index contributed by atoms with van der Waals surface area (Å²) in [6.45, 7) is 1.06. The van der Waals surface area contributed by atoms with Gasteiger partial charge in [-0.3, -0.25) is 0 Å². The van der Waals surface area contributed by atoms with Gasteiger partial charge in [0.05, 0.1) is 5.75 Å². The molecule has 0 saturated heterocycles. The summed E-state index contributed by atoms with van der Waals surface area (Å²) in [5.41, 5.74) is 0. The minimum absolute atomic E-state index is 0.0994. The van der Waals surface area contributed by atoms with Crippen LogP contribution in [0.3, 0.4) is 0 Å². The van der Waals surface area contributed by atoms with Crippen LogP contribution in [0.25, 0.3) is 0 Å². The van der Waals surface area contributed by atoms with E-state index in [0.29, 0.717) is 25.4 Å². The lowest BCUT2D eigenvalue weighted by atomic mass is 10.6. The van der Waals surface area contributed by atoms with Crippen LogP contribution in [0, 0.1) is 0 Å². The second kappa shape index (κ2) is 6.15. The molecule has 0 bridgehead atoms. The molecule has 1 heterocycles. The third-order valence-electron chi connectivity index (χ3n) is 1.90. The molecule has 0 saturated carbocycles. The third kappa shape index (κ3) is 5.20. The highest BCUT2D eigenvalue weighted by Gasteiger charge is 2.07. The van der Waals surface area contributed by atoms with Crippen molar-refractivity contribution >= 4 is 21.6 Å². The predicted molar refractivity (Wildman–Crippen MR) is 61.6 cm³/mol. The fourth-order valence-electron chi connectivity index (χ4n) is 1.17. The van der Waals surface area contributed by atoms with Crippen LogP contribution in [0.1, 0.15) is 6.42 Å². The Balaban J connectivity index is 2.24. The van der Waals surface area contributed by atoms with Gasteiger partial charge >= 0.3 is 0 Å². The van der Waals surface area contributed by atoms with Gasteiger partial charge in [-0.1, -0.05) is 0 Å². The number of nitrogens with one attached hydrogen (secondary N) is 1. The number of hydrogen-bond donors (Lipinski definition) is 1. The Bertz CT molecular complexity index is 361. The quantitative estimate of drug-likeness (QED) is 0.735. The van der Waals surface area contributed by atoms with Gasteiger partial charge in [-0.15, -0.1) is 11.6 Å². The van der Waals surface area contributed by atoms with Crippen LogP contribution in [0.2, 0.25) is 0 Å². The van der Waals surface area contributed by atoms with E-state index < -0.39 is 10.0 Å². The van der Waals surface area contributed by atoms with Crippen molar-refractivity contribution in [2.45, 2.75) is 13.0 Å². The molecular weight excluding hydrogens is 236 g/mol. The average molecular weight is 251 g/mol. The highest BCUT2D eigenvalue weighted by molar-refractivity contribution is 7.89. The first-order valence-corrected chi connectivity index (χ1v) is 6.97. The normalized spacial score (nSPS) is 11.8. The molecule has 0 atom stereocenters. The molecule has 1 aromatic heterocycles. The molecule has 4 nitrogen and oxygen atoms in total. The Morgan fingerprint density at radius 1 is 1.27 bits per heavy atom. The maximum Gasteiger partial charge on any atom is 0.211 e. The van der Waals surface area contributed by atoms with E-state index in [0.717, 1.165) is 0 Å². The van der Waals surface area contributed by atoms with Gasteiger partial charge in [0, 0.05) is 31.4 Å². The van der Waals surface area contributed by atoms with E-state index in [1.165, 1.54) is 0 Å². The Morgan fingerprint density at radius 2 is 1.93 bits per heavy atom. The Kier molecular flexibility index (Phi) is 5.14. The molecule has 86 valence electrons. The van der Waals surface area contributed by atoms with Crippen LogP contribution in [0.4, 0.5) is 0 Å². The summed E-state index contributed by atoms with van der Waals surface area (Å²) in [5.74, 6) is 0.473. The molecule has 0 aromatic carbocycles. The first-order chi connectivity index (χ1) is 7.14. The van der Waals surface area contributed by atoms with Crippen LogP contribution in [0.15, 0.2) is 24.5 Å². The molecular formula is C9H15ClN2O2S. The van der Waals surface area contributed by atoms with E-state index >= 15 is 0 Å². The molecule has 1 N–H and O–H groups in total. The largest absolute Gasteiger partial charge is 0.353 e. The SMILES string of the molecule is O=S(=O)(CCCCl)NCCn1cccc1. The standard InChI is InChI=1S/C9H15ClN2O2S/c10-4-3-9-15(13,14)11-5-8-12-6-1-2-7-12/h1-2,6-7,11H,3-5,8-9H2. The summed E-state index contributed by atoms with van der Waals surface area (Å²) < 4.78 is 27.1. The van der Waals surface area contributed by atoms with E-state index in [1.807, 2.05) is 29.1 Å². The van der Waals surface area contributed by atoms with Crippen molar-refractivity contribution in [3.8, 4) is 0 Å². The summed E-state index contributed by atoms with van der Waals surface area (Å²) in [6.07, 6.45) is 4.28. The fourth-order valence-corrected chi connectivity index (χ4v) is 2.53. The third-order valence-corrected chi connectivity index (χ3v) is 3.64. The fraction of sp³-hybridized carbons (Fsp3) is 0.556. The van der Waals surface area contributed by atoms with Gasteiger partial charge in [-0.2, -0.15) is 0 Å². The molecule has 1 rings (SSSR count). The molecule has 0 aliphatic carbocycles. The molecule has 0 radical (unpaired) electrons. The van der Waals surface area contributed by atoms with Crippen molar-refractivity contribution in [1.29, 1.82) is 0 Å². The molecule has 0 unspecified atom stereocenters. The van der Waals surface area contributed by atoms with Crippen LogP contribution in [-0.4, -0.2) is 31.2 Å². The van der Waals surface area contributed by atoms with Crippen molar-refractivity contribution in [3.05, 3.63) is 24.5 Å². The van der Waals surface area contributed by atoms with E-state index in [9.17, 15) is 8.42 Å². The molecule has 0 spiro atoms. The van der Waals surface area contributed by atoms with Crippen molar-refractivity contribution in [3.63, 3.8) is 0 Å². The van der Waals surface area contributed by atoms with Gasteiger partial charge < -0.3 is 4.57 Å². The number of aromatic nitrogens is 1. The number of hydrogen-bond acceptors (Lipinski definition) is 2. The highest BCUT2D eigenvalue weighted by atomic mass is 35.5. The van der Waals surface area contributed by atoms with Crippen LogP contribution >= 0.6 is 11.6 Å². The summed E-state index contributed by atoms with van der Waals surface area (Å²) in [7, 11) is -3.14. The zero-order valence-corrected chi connectivity index (χ0v) is 9.97. The predicted octanol–water partition coefficient (Wildman–Crippen LogP) is 1.04. The lowest BCUT2D eigenvalue weighted by Gasteiger charge is -2.06. The van der Waals surface area contributed by atoms with Gasteiger partial charge in [0.2, 0.25) is 10.0 Å². The van der Waals surface area contributed by atoms with E-state index in [4.69, 9.17) is 11.6 Å². The summed E-state index contributed by atoms with van der Waals surface area (Å²) in [6, 6.07) is 3.81. The molecule has 6 heteroatoms. The minimum atomic E-state index is -3.14. The number of rotatable bonds is 7. The van der Waals surface area contributed by atoms with Crippen molar-refractivity contribution in [1.82, 2.24) is 9.29 Å². The van der Waals surface area contributed by atoms with E-state index in [1.54, 1.807) is 0 Å². The van der Waals surface area contributed by atoms with Crippen LogP contribution < -0.4 is 4.72 Å². The Morgan fingerprint density at radius 3 is 2.53 bits per heavy atom. The van der Waals surface area contributed by atoms with E-state index in [2.05, 4.69) is 4.72 Å². The molecule has 15 heavy (non-hydrogen) atoms. The van der Waals surface area contributed by atoms with Gasteiger partial charge in [0.15, 0.2) is 0 Å². The number of halogens is 1. The molecule has 0 amide bonds. The second-order valence-corrected chi connectivity index (χ2v) is 5.48. The van der Waals surface area contributed by atoms with Crippen molar-refractivity contribution < 1.29 is 8.42 Å². The number of nitrogens with zero attached hydrogens (tertiary/aromatic N) is 1. The summed E-state index contributed by atoms with van der Waals surface area (Å²) in [4.78, 5) is 0. The van der Waals surface area contributed by atoms with Gasteiger partial charge in [-0.25, -0.2) is 13.1 Å². The average Bonchev–Trinajstić information content (AvgIpc) is 2.67. The number of sulfonamides is 1. The summed E-state index contributed by atoms with van der Waals surface area (Å²) >= 11 is 5.43. The topological polar surface area (TPSA) is 51.1 Å². The monoisotopic (exact) mass is 250 g/mol. The number of alkyl halides is 1. The zero-order valence-electron chi connectivity index (χ0n) is 8.39. The highest BCUT2D eigenvalue weighted by Crippen LogP contribution is 1.93. The molecule has 0 fully saturated rings. The van der Waals surface area contributed by atoms with Crippen molar-refractivity contribution in [2.75, 3.05) is 18.2 Å². The van der Waals surface area contributed by atoms with Crippen LogP contribution in [-0.2, 0) is 16.6 Å². The Labute approximate surface area is 95.3 Å². The molecule has 0 aliphatic heterocycles. The smallest absolute Gasteiger partial charge is 0.211 e. The summed E-state index contributed by atoms with van der Waals surface area (Å²) in [5, 5.41) is 0. The molecule has 0 aliphatic rings. The molecule has 1 aromatic rings. The maximum atomic E-state index is 11.3. The maximum absolute atomic E-state index is 11.3. The zero-order chi connectivity index (χ0) is 11.1. The second-order valence-electron chi connectivity index (χ2n) is 3.18. The first kappa shape index (κ1) is 12.5. The lowest BCUT2D eigenvalue weighted by molar-refractivity contribution is 0.572. The lowest BCUT2D eigenvalue weighted by Crippen LogP contribution is -2.29. The van der Waals surface area contributed by atoms with Crippen molar-refractivity contribution in [2.24, 2.45) is 0 Å². The van der Waals surface area contributed by atoms with Crippen LogP contribution in [0.5, 0.6) is 0 Å².